The second-order valence-corrected chi connectivity index (χ2v) is 6.61. The Labute approximate surface area is 123 Å². The molecule has 0 radical (unpaired) electrons. The van der Waals surface area contributed by atoms with Crippen molar-refractivity contribution < 1.29 is 8.78 Å². The number of thiazole rings is 1. The van der Waals surface area contributed by atoms with Gasteiger partial charge < -0.3 is 5.32 Å². The quantitative estimate of drug-likeness (QED) is 0.848. The molecule has 1 aromatic heterocycles. The average molecular weight is 347 g/mol. The van der Waals surface area contributed by atoms with Gasteiger partial charge in [0.1, 0.15) is 17.3 Å². The van der Waals surface area contributed by atoms with Gasteiger partial charge in [0.25, 0.3) is 0 Å². The molecule has 1 N–H and O–H groups in total. The standard InChI is InChI=1S/C13H13BrF2N2S/c1-6(12-7(2)19-8(3)18-12)17-13-10(15)4-9(14)5-11(13)16/h4-6,17H,1-3H3. The first-order valence-corrected chi connectivity index (χ1v) is 7.34. The van der Waals surface area contributed by atoms with Crippen molar-refractivity contribution in [1.29, 1.82) is 0 Å². The molecule has 2 aromatic rings. The smallest absolute Gasteiger partial charge is 0.150 e. The predicted molar refractivity (Wildman–Crippen MR) is 77.7 cm³/mol. The van der Waals surface area contributed by atoms with Crippen LogP contribution >= 0.6 is 27.3 Å². The van der Waals surface area contributed by atoms with E-state index in [1.165, 1.54) is 12.1 Å². The minimum absolute atomic E-state index is 0.124. The van der Waals surface area contributed by atoms with Crippen LogP contribution in [-0.2, 0) is 0 Å². The third kappa shape index (κ3) is 3.12. The third-order valence-corrected chi connectivity index (χ3v) is 4.08. The van der Waals surface area contributed by atoms with E-state index >= 15 is 0 Å². The lowest BCUT2D eigenvalue weighted by molar-refractivity contribution is 0.582. The maximum atomic E-state index is 13.7. The van der Waals surface area contributed by atoms with Gasteiger partial charge in [0.15, 0.2) is 0 Å². The van der Waals surface area contributed by atoms with Crippen LogP contribution in [0.4, 0.5) is 14.5 Å². The summed E-state index contributed by atoms with van der Waals surface area (Å²) in [6, 6.07) is 2.21. The van der Waals surface area contributed by atoms with Crippen molar-refractivity contribution in [2.45, 2.75) is 26.8 Å². The first-order valence-electron chi connectivity index (χ1n) is 5.73. The summed E-state index contributed by atoms with van der Waals surface area (Å²) in [5, 5.41) is 3.79. The Morgan fingerprint density at radius 1 is 1.26 bits per heavy atom. The summed E-state index contributed by atoms with van der Waals surface area (Å²) in [4.78, 5) is 5.44. The van der Waals surface area contributed by atoms with E-state index in [0.717, 1.165) is 15.6 Å². The summed E-state index contributed by atoms with van der Waals surface area (Å²) < 4.78 is 27.9. The number of hydrogen-bond donors (Lipinski definition) is 1. The van der Waals surface area contributed by atoms with Crippen LogP contribution < -0.4 is 5.32 Å². The number of nitrogens with zero attached hydrogens (tertiary/aromatic N) is 1. The summed E-state index contributed by atoms with van der Waals surface area (Å²) in [5.74, 6) is -1.24. The van der Waals surface area contributed by atoms with E-state index in [9.17, 15) is 8.78 Å². The largest absolute Gasteiger partial charge is 0.372 e. The van der Waals surface area contributed by atoms with Crippen molar-refractivity contribution in [2.75, 3.05) is 5.32 Å². The number of nitrogens with one attached hydrogen (secondary N) is 1. The fourth-order valence-electron chi connectivity index (χ4n) is 1.91. The summed E-state index contributed by atoms with van der Waals surface area (Å²) >= 11 is 4.63. The Balaban J connectivity index is 2.29. The van der Waals surface area contributed by atoms with Crippen molar-refractivity contribution in [3.63, 3.8) is 0 Å². The Morgan fingerprint density at radius 2 is 1.84 bits per heavy atom. The van der Waals surface area contributed by atoms with E-state index < -0.39 is 11.6 Å². The number of benzene rings is 1. The van der Waals surface area contributed by atoms with Crippen LogP contribution in [0.5, 0.6) is 0 Å². The van der Waals surface area contributed by atoms with E-state index in [2.05, 4.69) is 26.2 Å². The van der Waals surface area contributed by atoms with Crippen molar-refractivity contribution in [3.8, 4) is 0 Å². The normalized spacial score (nSPS) is 12.5. The molecule has 0 aliphatic heterocycles. The molecule has 0 bridgehead atoms. The Kier molecular flexibility index (Phi) is 4.20. The van der Waals surface area contributed by atoms with E-state index in [4.69, 9.17) is 0 Å². The monoisotopic (exact) mass is 346 g/mol. The number of aromatic nitrogens is 1. The summed E-state index contributed by atoms with van der Waals surface area (Å²) in [6.07, 6.45) is 0. The number of anilines is 1. The second-order valence-electron chi connectivity index (χ2n) is 4.28. The fraction of sp³-hybridized carbons (Fsp3) is 0.308. The van der Waals surface area contributed by atoms with Crippen LogP contribution in [0.1, 0.15) is 28.5 Å². The lowest BCUT2D eigenvalue weighted by Crippen LogP contribution is -2.11. The molecule has 1 atom stereocenters. The van der Waals surface area contributed by atoms with Crippen molar-refractivity contribution in [3.05, 3.63) is 43.8 Å². The molecule has 0 fully saturated rings. The van der Waals surface area contributed by atoms with Gasteiger partial charge >= 0.3 is 0 Å². The first kappa shape index (κ1) is 14.4. The fourth-order valence-corrected chi connectivity index (χ4v) is 3.23. The third-order valence-electron chi connectivity index (χ3n) is 2.72. The lowest BCUT2D eigenvalue weighted by atomic mass is 10.2. The highest BCUT2D eigenvalue weighted by Crippen LogP contribution is 2.29. The molecule has 102 valence electrons. The van der Waals surface area contributed by atoms with Crippen LogP contribution in [0.3, 0.4) is 0 Å². The molecule has 0 aliphatic rings. The maximum Gasteiger partial charge on any atom is 0.150 e. The molecule has 2 nitrogen and oxygen atoms in total. The molecule has 1 heterocycles. The van der Waals surface area contributed by atoms with Crippen LogP contribution in [0.25, 0.3) is 0 Å². The molecule has 0 aliphatic carbocycles. The highest BCUT2D eigenvalue weighted by Gasteiger charge is 2.17. The Hall–Kier alpha value is -1.01. The molecule has 0 saturated heterocycles. The molecule has 1 unspecified atom stereocenters. The molecule has 0 spiro atoms. The van der Waals surface area contributed by atoms with Gasteiger partial charge in [0, 0.05) is 9.35 Å². The Morgan fingerprint density at radius 3 is 2.32 bits per heavy atom. The van der Waals surface area contributed by atoms with E-state index in [-0.39, 0.29) is 11.7 Å². The van der Waals surface area contributed by atoms with Crippen molar-refractivity contribution in [2.24, 2.45) is 0 Å². The highest BCUT2D eigenvalue weighted by molar-refractivity contribution is 9.10. The minimum atomic E-state index is -0.622. The zero-order valence-electron chi connectivity index (χ0n) is 10.7. The summed E-state index contributed by atoms with van der Waals surface area (Å²) in [6.45, 7) is 5.70. The minimum Gasteiger partial charge on any atom is -0.372 e. The number of hydrogen-bond acceptors (Lipinski definition) is 3. The predicted octanol–water partition coefficient (Wildman–Crippen LogP) is 4.97. The molecule has 6 heteroatoms. The van der Waals surface area contributed by atoms with Gasteiger partial charge in [-0.15, -0.1) is 11.3 Å². The second kappa shape index (κ2) is 5.54. The zero-order chi connectivity index (χ0) is 14.2. The van der Waals surface area contributed by atoms with Crippen LogP contribution in [-0.4, -0.2) is 4.98 Å². The van der Waals surface area contributed by atoms with E-state index in [0.29, 0.717) is 4.47 Å². The summed E-state index contributed by atoms with van der Waals surface area (Å²) in [7, 11) is 0. The number of halogens is 3. The van der Waals surface area contributed by atoms with Crippen molar-refractivity contribution >= 4 is 33.0 Å². The number of rotatable bonds is 3. The molecular weight excluding hydrogens is 334 g/mol. The van der Waals surface area contributed by atoms with E-state index in [1.54, 1.807) is 11.3 Å². The SMILES string of the molecule is Cc1nc(C(C)Nc2c(F)cc(Br)cc2F)c(C)s1. The molecule has 0 amide bonds. The van der Waals surface area contributed by atoms with Gasteiger partial charge in [-0.05, 0) is 32.9 Å². The molecule has 0 saturated carbocycles. The first-order chi connectivity index (χ1) is 8.88. The molecular formula is C13H13BrF2N2S. The van der Waals surface area contributed by atoms with Gasteiger partial charge in [0.2, 0.25) is 0 Å². The van der Waals surface area contributed by atoms with Gasteiger partial charge in [-0.1, -0.05) is 15.9 Å². The zero-order valence-corrected chi connectivity index (χ0v) is 13.1. The van der Waals surface area contributed by atoms with Crippen molar-refractivity contribution in [1.82, 2.24) is 4.98 Å². The topological polar surface area (TPSA) is 24.9 Å². The van der Waals surface area contributed by atoms with E-state index in [1.807, 2.05) is 20.8 Å². The average Bonchev–Trinajstić information content (AvgIpc) is 2.62. The van der Waals surface area contributed by atoms with Crippen LogP contribution in [0, 0.1) is 25.5 Å². The molecule has 19 heavy (non-hydrogen) atoms. The molecule has 1 aromatic carbocycles. The van der Waals surface area contributed by atoms with Gasteiger partial charge in [-0.3, -0.25) is 0 Å². The van der Waals surface area contributed by atoms with Crippen LogP contribution in [0.15, 0.2) is 16.6 Å². The van der Waals surface area contributed by atoms with Crippen LogP contribution in [0.2, 0.25) is 0 Å². The van der Waals surface area contributed by atoms with Gasteiger partial charge in [-0.2, -0.15) is 0 Å². The van der Waals surface area contributed by atoms with Gasteiger partial charge in [-0.25, -0.2) is 13.8 Å². The Bertz CT molecular complexity index is 590. The number of aryl methyl sites for hydroxylation is 2. The van der Waals surface area contributed by atoms with Gasteiger partial charge in [0.05, 0.1) is 16.7 Å². The molecule has 2 rings (SSSR count). The summed E-state index contributed by atoms with van der Waals surface area (Å²) in [5.41, 5.74) is 0.699. The lowest BCUT2D eigenvalue weighted by Gasteiger charge is -2.15. The highest BCUT2D eigenvalue weighted by atomic mass is 79.9. The maximum absolute atomic E-state index is 13.7.